The highest BCUT2D eigenvalue weighted by molar-refractivity contribution is 6.18. The van der Waals surface area contributed by atoms with Gasteiger partial charge in [0.05, 0.1) is 0 Å². The van der Waals surface area contributed by atoms with E-state index in [9.17, 15) is 0 Å². The number of halogens is 1. The molecule has 0 heterocycles. The molecule has 0 aliphatic heterocycles. The van der Waals surface area contributed by atoms with E-state index in [-0.39, 0.29) is 0 Å². The first-order valence-electron chi connectivity index (χ1n) is 5.14. The molecule has 1 aliphatic rings. The third-order valence-electron chi connectivity index (χ3n) is 2.85. The van der Waals surface area contributed by atoms with Crippen LogP contribution in [0.2, 0.25) is 0 Å². The van der Waals surface area contributed by atoms with Gasteiger partial charge in [-0.25, -0.2) is 0 Å². The zero-order valence-corrected chi connectivity index (χ0v) is 8.79. The number of hydrogen-bond acceptors (Lipinski definition) is 1. The third-order valence-corrected chi connectivity index (χ3v) is 3.36. The highest BCUT2D eigenvalue weighted by Crippen LogP contribution is 2.30. The molecule has 1 N–H and O–H groups in total. The zero-order valence-electron chi connectivity index (χ0n) is 8.03. The average molecular weight is 190 g/mol. The average Bonchev–Trinajstić information content (AvgIpc) is 2.55. The van der Waals surface area contributed by atoms with E-state index in [1.807, 2.05) is 0 Å². The van der Waals surface area contributed by atoms with Crippen molar-refractivity contribution in [2.75, 3.05) is 12.4 Å². The summed E-state index contributed by atoms with van der Waals surface area (Å²) < 4.78 is 0. The van der Waals surface area contributed by atoms with E-state index < -0.39 is 0 Å². The van der Waals surface area contributed by atoms with Crippen molar-refractivity contribution in [2.45, 2.75) is 51.0 Å². The molecule has 0 spiro atoms. The minimum Gasteiger partial charge on any atom is -0.310 e. The van der Waals surface area contributed by atoms with E-state index >= 15 is 0 Å². The van der Waals surface area contributed by atoms with E-state index in [0.29, 0.717) is 5.54 Å². The van der Waals surface area contributed by atoms with E-state index in [1.165, 1.54) is 38.5 Å². The number of nitrogens with one attached hydrogen (secondary N) is 1. The standard InChI is InChI=1S/C10H20ClN/c1-2-3-8-12-10(9-11)6-4-5-7-10/h12H,2-9H2,1H3. The maximum absolute atomic E-state index is 5.98. The van der Waals surface area contributed by atoms with E-state index in [4.69, 9.17) is 11.6 Å². The van der Waals surface area contributed by atoms with Crippen molar-refractivity contribution in [3.05, 3.63) is 0 Å². The van der Waals surface area contributed by atoms with Crippen LogP contribution >= 0.6 is 11.6 Å². The number of rotatable bonds is 5. The maximum Gasteiger partial charge on any atom is 0.0406 e. The van der Waals surface area contributed by atoms with Gasteiger partial charge < -0.3 is 5.32 Å². The Kier molecular flexibility index (Phi) is 4.38. The Hall–Kier alpha value is 0.250. The summed E-state index contributed by atoms with van der Waals surface area (Å²) in [6, 6.07) is 0. The predicted octanol–water partition coefficient (Wildman–Crippen LogP) is 2.93. The lowest BCUT2D eigenvalue weighted by atomic mass is 10.0. The molecule has 12 heavy (non-hydrogen) atoms. The first-order chi connectivity index (χ1) is 5.83. The van der Waals surface area contributed by atoms with Crippen molar-refractivity contribution in [3.8, 4) is 0 Å². The van der Waals surface area contributed by atoms with Crippen LogP contribution in [0.4, 0.5) is 0 Å². The Labute approximate surface area is 80.9 Å². The van der Waals surface area contributed by atoms with E-state index in [2.05, 4.69) is 12.2 Å². The summed E-state index contributed by atoms with van der Waals surface area (Å²) in [4.78, 5) is 0. The van der Waals surface area contributed by atoms with Crippen LogP contribution < -0.4 is 5.32 Å². The van der Waals surface area contributed by atoms with Crippen molar-refractivity contribution in [1.82, 2.24) is 5.32 Å². The summed E-state index contributed by atoms with van der Waals surface area (Å²) in [7, 11) is 0. The number of hydrogen-bond donors (Lipinski definition) is 1. The van der Waals surface area contributed by atoms with Gasteiger partial charge in [-0.2, -0.15) is 0 Å². The lowest BCUT2D eigenvalue weighted by Gasteiger charge is -2.27. The van der Waals surface area contributed by atoms with Crippen molar-refractivity contribution >= 4 is 11.6 Å². The van der Waals surface area contributed by atoms with Crippen LogP contribution in [0.15, 0.2) is 0 Å². The second-order valence-electron chi connectivity index (χ2n) is 3.90. The second-order valence-corrected chi connectivity index (χ2v) is 4.17. The van der Waals surface area contributed by atoms with Gasteiger partial charge in [-0.15, -0.1) is 11.6 Å². The molecule has 1 fully saturated rings. The Morgan fingerprint density at radius 3 is 2.50 bits per heavy atom. The Morgan fingerprint density at radius 1 is 1.33 bits per heavy atom. The summed E-state index contributed by atoms with van der Waals surface area (Å²) in [5.74, 6) is 0.788. The van der Waals surface area contributed by atoms with Crippen LogP contribution in [0.5, 0.6) is 0 Å². The Morgan fingerprint density at radius 2 is 2.00 bits per heavy atom. The fourth-order valence-electron chi connectivity index (χ4n) is 1.94. The van der Waals surface area contributed by atoms with Crippen LogP contribution in [0.25, 0.3) is 0 Å². The topological polar surface area (TPSA) is 12.0 Å². The molecule has 0 atom stereocenters. The summed E-state index contributed by atoms with van der Waals surface area (Å²) in [6.07, 6.45) is 7.81. The molecule has 1 nitrogen and oxygen atoms in total. The Balaban J connectivity index is 2.24. The van der Waals surface area contributed by atoms with Crippen molar-refractivity contribution in [1.29, 1.82) is 0 Å². The molecule has 0 aromatic rings. The fourth-order valence-corrected chi connectivity index (χ4v) is 2.30. The molecule has 2 heteroatoms. The van der Waals surface area contributed by atoms with E-state index in [1.54, 1.807) is 0 Å². The SMILES string of the molecule is CCCCNC1(CCl)CCCC1. The summed E-state index contributed by atoms with van der Waals surface area (Å²) >= 11 is 5.98. The first kappa shape index (κ1) is 10.3. The molecule has 0 saturated heterocycles. The lowest BCUT2D eigenvalue weighted by Crippen LogP contribution is -2.44. The highest BCUT2D eigenvalue weighted by Gasteiger charge is 2.31. The van der Waals surface area contributed by atoms with Gasteiger partial charge in [0.15, 0.2) is 0 Å². The van der Waals surface area contributed by atoms with Crippen LogP contribution in [0.1, 0.15) is 45.4 Å². The van der Waals surface area contributed by atoms with Gasteiger partial charge in [-0.3, -0.25) is 0 Å². The van der Waals surface area contributed by atoms with Gasteiger partial charge in [0, 0.05) is 11.4 Å². The third kappa shape index (κ3) is 2.63. The lowest BCUT2D eigenvalue weighted by molar-refractivity contribution is 0.367. The van der Waals surface area contributed by atoms with Gasteiger partial charge in [0.25, 0.3) is 0 Å². The Bertz CT molecular complexity index is 119. The summed E-state index contributed by atoms with van der Waals surface area (Å²) in [6.45, 7) is 3.37. The maximum atomic E-state index is 5.98. The van der Waals surface area contributed by atoms with Gasteiger partial charge in [-0.05, 0) is 25.8 Å². The fraction of sp³-hybridized carbons (Fsp3) is 1.00. The molecule has 1 rings (SSSR count). The van der Waals surface area contributed by atoms with Crippen molar-refractivity contribution in [3.63, 3.8) is 0 Å². The van der Waals surface area contributed by atoms with Crippen LogP contribution in [0, 0.1) is 0 Å². The minimum absolute atomic E-state index is 0.302. The molecular weight excluding hydrogens is 170 g/mol. The van der Waals surface area contributed by atoms with Crippen LogP contribution in [-0.4, -0.2) is 18.0 Å². The van der Waals surface area contributed by atoms with Gasteiger partial charge in [0.1, 0.15) is 0 Å². The first-order valence-corrected chi connectivity index (χ1v) is 5.67. The molecule has 1 saturated carbocycles. The molecule has 0 aromatic heterocycles. The molecular formula is C10H20ClN. The molecule has 0 bridgehead atoms. The van der Waals surface area contributed by atoms with E-state index in [0.717, 1.165) is 12.4 Å². The van der Waals surface area contributed by atoms with Gasteiger partial charge in [0.2, 0.25) is 0 Å². The van der Waals surface area contributed by atoms with Crippen molar-refractivity contribution < 1.29 is 0 Å². The largest absolute Gasteiger partial charge is 0.310 e. The minimum atomic E-state index is 0.302. The smallest absolute Gasteiger partial charge is 0.0406 e. The number of unbranched alkanes of at least 4 members (excludes halogenated alkanes) is 1. The zero-order chi connectivity index (χ0) is 8.86. The van der Waals surface area contributed by atoms with Gasteiger partial charge >= 0.3 is 0 Å². The molecule has 0 amide bonds. The predicted molar refractivity (Wildman–Crippen MR) is 54.8 cm³/mol. The quantitative estimate of drug-likeness (QED) is 0.518. The highest BCUT2D eigenvalue weighted by atomic mass is 35.5. The monoisotopic (exact) mass is 189 g/mol. The van der Waals surface area contributed by atoms with Crippen LogP contribution in [-0.2, 0) is 0 Å². The molecule has 0 aromatic carbocycles. The second kappa shape index (κ2) is 5.08. The molecule has 0 radical (unpaired) electrons. The number of alkyl halides is 1. The molecule has 1 aliphatic carbocycles. The normalized spacial score (nSPS) is 21.5. The van der Waals surface area contributed by atoms with Crippen LogP contribution in [0.3, 0.4) is 0 Å². The van der Waals surface area contributed by atoms with Crippen molar-refractivity contribution in [2.24, 2.45) is 0 Å². The van der Waals surface area contributed by atoms with Gasteiger partial charge in [-0.1, -0.05) is 26.2 Å². The molecule has 0 unspecified atom stereocenters. The summed E-state index contributed by atoms with van der Waals surface area (Å²) in [5, 5.41) is 3.61. The summed E-state index contributed by atoms with van der Waals surface area (Å²) in [5.41, 5.74) is 0.302. The molecule has 72 valence electrons.